The van der Waals surface area contributed by atoms with Crippen LogP contribution in [0.1, 0.15) is 23.1 Å². The number of rotatable bonds is 7. The van der Waals surface area contributed by atoms with Crippen LogP contribution in [0.5, 0.6) is 0 Å². The minimum Gasteiger partial charge on any atom is -0.396 e. The summed E-state index contributed by atoms with van der Waals surface area (Å²) in [5.41, 5.74) is -0.151. The molecule has 0 aliphatic rings. The van der Waals surface area contributed by atoms with E-state index in [0.717, 1.165) is 6.54 Å². The van der Waals surface area contributed by atoms with Gasteiger partial charge in [-0.25, -0.2) is 0 Å². The molecule has 0 saturated heterocycles. The molecule has 2 N–H and O–H groups in total. The van der Waals surface area contributed by atoms with Crippen LogP contribution in [-0.2, 0) is 11.3 Å². The number of aliphatic hydroxyl groups is 1. The zero-order chi connectivity index (χ0) is 12.0. The maximum absolute atomic E-state index is 9.04. The van der Waals surface area contributed by atoms with E-state index in [1.54, 1.807) is 18.4 Å². The zero-order valence-electron chi connectivity index (χ0n) is 10.2. The number of aryl methyl sites for hydroxylation is 1. The maximum atomic E-state index is 9.04. The van der Waals surface area contributed by atoms with Crippen LogP contribution in [0.4, 0.5) is 0 Å². The summed E-state index contributed by atoms with van der Waals surface area (Å²) in [4.78, 5) is 2.64. The van der Waals surface area contributed by atoms with Crippen LogP contribution >= 0.6 is 11.3 Å². The molecule has 0 fully saturated rings. The minimum absolute atomic E-state index is 0.151. The molecule has 1 heterocycles. The van der Waals surface area contributed by atoms with E-state index in [0.29, 0.717) is 13.0 Å². The first-order valence-corrected chi connectivity index (χ1v) is 6.31. The van der Waals surface area contributed by atoms with Crippen molar-refractivity contribution in [1.82, 2.24) is 5.32 Å². The summed E-state index contributed by atoms with van der Waals surface area (Å²) >= 11 is 1.80. The second-order valence-electron chi connectivity index (χ2n) is 4.33. The second kappa shape index (κ2) is 6.35. The van der Waals surface area contributed by atoms with Crippen molar-refractivity contribution < 1.29 is 9.84 Å². The van der Waals surface area contributed by atoms with Crippen molar-refractivity contribution in [3.8, 4) is 0 Å². The normalized spacial score (nSPS) is 15.0. The summed E-state index contributed by atoms with van der Waals surface area (Å²) in [6.45, 7) is 5.80. The highest BCUT2D eigenvalue weighted by molar-refractivity contribution is 7.11. The average Bonchev–Trinajstić information content (AvgIpc) is 2.62. The number of hydrogen-bond acceptors (Lipinski definition) is 4. The van der Waals surface area contributed by atoms with Gasteiger partial charge in [0.15, 0.2) is 0 Å². The molecule has 1 aromatic heterocycles. The maximum Gasteiger partial charge on any atom is 0.0642 e. The molecule has 1 aromatic rings. The lowest BCUT2D eigenvalue weighted by molar-refractivity contribution is 0.0971. The fraction of sp³-hybridized carbons (Fsp3) is 0.667. The Balaban J connectivity index is 2.49. The molecule has 0 spiro atoms. The molecule has 4 heteroatoms. The molecule has 0 radical (unpaired) electrons. The predicted molar refractivity (Wildman–Crippen MR) is 67.9 cm³/mol. The standard InChI is InChI=1S/C12H21NO2S/c1-10-4-5-11(16-10)8-13-12(2,6-7-14)9-15-3/h4-5,13-14H,6-9H2,1-3H3. The van der Waals surface area contributed by atoms with Gasteiger partial charge in [-0.05, 0) is 32.4 Å². The summed E-state index contributed by atoms with van der Waals surface area (Å²) < 4.78 is 5.18. The third-order valence-corrected chi connectivity index (χ3v) is 3.61. The van der Waals surface area contributed by atoms with Crippen LogP contribution in [0.25, 0.3) is 0 Å². The van der Waals surface area contributed by atoms with Gasteiger partial charge in [0.1, 0.15) is 0 Å². The lowest BCUT2D eigenvalue weighted by Gasteiger charge is -2.29. The molecule has 1 atom stereocenters. The predicted octanol–water partition coefficient (Wildman–Crippen LogP) is 1.93. The topological polar surface area (TPSA) is 41.5 Å². The fourth-order valence-electron chi connectivity index (χ4n) is 1.66. The summed E-state index contributed by atoms with van der Waals surface area (Å²) in [5.74, 6) is 0. The van der Waals surface area contributed by atoms with E-state index < -0.39 is 0 Å². The Bertz CT molecular complexity index is 306. The fourth-order valence-corrected chi connectivity index (χ4v) is 2.49. The van der Waals surface area contributed by atoms with Crippen molar-refractivity contribution in [1.29, 1.82) is 0 Å². The summed E-state index contributed by atoms with van der Waals surface area (Å²) in [7, 11) is 1.69. The molecule has 1 unspecified atom stereocenters. The Morgan fingerprint density at radius 3 is 2.75 bits per heavy atom. The van der Waals surface area contributed by atoms with Crippen molar-refractivity contribution in [3.63, 3.8) is 0 Å². The van der Waals surface area contributed by atoms with E-state index in [2.05, 4.69) is 31.3 Å². The third-order valence-electron chi connectivity index (χ3n) is 2.61. The van der Waals surface area contributed by atoms with Crippen LogP contribution in [-0.4, -0.2) is 31.0 Å². The van der Waals surface area contributed by atoms with Crippen molar-refractivity contribution in [2.75, 3.05) is 20.3 Å². The molecule has 16 heavy (non-hydrogen) atoms. The highest BCUT2D eigenvalue weighted by atomic mass is 32.1. The smallest absolute Gasteiger partial charge is 0.0642 e. The van der Waals surface area contributed by atoms with Gasteiger partial charge in [0, 0.05) is 35.6 Å². The molecular formula is C12H21NO2S. The largest absolute Gasteiger partial charge is 0.396 e. The molecule has 0 aliphatic carbocycles. The van der Waals surface area contributed by atoms with Gasteiger partial charge in [0.2, 0.25) is 0 Å². The van der Waals surface area contributed by atoms with Crippen LogP contribution in [0, 0.1) is 6.92 Å². The number of nitrogens with one attached hydrogen (secondary N) is 1. The molecule has 1 rings (SSSR count). The lowest BCUT2D eigenvalue weighted by atomic mass is 9.99. The van der Waals surface area contributed by atoms with Gasteiger partial charge in [-0.3, -0.25) is 0 Å². The Hall–Kier alpha value is -0.420. The van der Waals surface area contributed by atoms with Gasteiger partial charge in [0.25, 0.3) is 0 Å². The van der Waals surface area contributed by atoms with E-state index in [4.69, 9.17) is 9.84 Å². The highest BCUT2D eigenvalue weighted by Crippen LogP contribution is 2.17. The second-order valence-corrected chi connectivity index (χ2v) is 5.71. The first kappa shape index (κ1) is 13.6. The van der Waals surface area contributed by atoms with Gasteiger partial charge in [-0.15, -0.1) is 11.3 Å². The first-order valence-electron chi connectivity index (χ1n) is 5.50. The van der Waals surface area contributed by atoms with Crippen molar-refractivity contribution in [3.05, 3.63) is 21.9 Å². The quantitative estimate of drug-likeness (QED) is 0.769. The van der Waals surface area contributed by atoms with Crippen LogP contribution in [0.3, 0.4) is 0 Å². The Labute approximate surface area is 101 Å². The molecule has 0 saturated carbocycles. The first-order chi connectivity index (χ1) is 7.59. The van der Waals surface area contributed by atoms with Gasteiger partial charge in [-0.1, -0.05) is 0 Å². The Kier molecular flexibility index (Phi) is 5.41. The number of thiophene rings is 1. The molecule has 0 bridgehead atoms. The average molecular weight is 243 g/mol. The van der Waals surface area contributed by atoms with Crippen LogP contribution in [0.2, 0.25) is 0 Å². The summed E-state index contributed by atoms with van der Waals surface area (Å²) in [5, 5.41) is 12.5. The molecule has 92 valence electrons. The van der Waals surface area contributed by atoms with Crippen molar-refractivity contribution in [2.24, 2.45) is 0 Å². The van der Waals surface area contributed by atoms with Crippen LogP contribution < -0.4 is 5.32 Å². The van der Waals surface area contributed by atoms with Crippen molar-refractivity contribution >= 4 is 11.3 Å². The SMILES string of the molecule is COCC(C)(CCO)NCc1ccc(C)s1. The Morgan fingerprint density at radius 2 is 2.25 bits per heavy atom. The van der Waals surface area contributed by atoms with Gasteiger partial charge < -0.3 is 15.2 Å². The number of hydrogen-bond donors (Lipinski definition) is 2. The zero-order valence-corrected chi connectivity index (χ0v) is 11.1. The minimum atomic E-state index is -0.151. The number of ether oxygens (including phenoxy) is 1. The van der Waals surface area contributed by atoms with E-state index in [9.17, 15) is 0 Å². The highest BCUT2D eigenvalue weighted by Gasteiger charge is 2.22. The molecule has 0 amide bonds. The van der Waals surface area contributed by atoms with Crippen LogP contribution in [0.15, 0.2) is 12.1 Å². The number of methoxy groups -OCH3 is 1. The molecule has 0 aliphatic heterocycles. The molecular weight excluding hydrogens is 222 g/mol. The summed E-state index contributed by atoms with van der Waals surface area (Å²) in [6, 6.07) is 4.26. The van der Waals surface area contributed by atoms with Crippen molar-refractivity contribution in [2.45, 2.75) is 32.4 Å². The van der Waals surface area contributed by atoms with E-state index >= 15 is 0 Å². The monoisotopic (exact) mass is 243 g/mol. The molecule has 0 aromatic carbocycles. The van der Waals surface area contributed by atoms with E-state index in [1.165, 1.54) is 9.75 Å². The van der Waals surface area contributed by atoms with E-state index in [1.807, 2.05) is 0 Å². The Morgan fingerprint density at radius 1 is 1.50 bits per heavy atom. The summed E-state index contributed by atoms with van der Waals surface area (Å²) in [6.07, 6.45) is 0.700. The van der Waals surface area contributed by atoms with E-state index in [-0.39, 0.29) is 12.1 Å². The lowest BCUT2D eigenvalue weighted by Crippen LogP contribution is -2.46. The van der Waals surface area contributed by atoms with Gasteiger partial charge in [-0.2, -0.15) is 0 Å². The molecule has 3 nitrogen and oxygen atoms in total. The van der Waals surface area contributed by atoms with Gasteiger partial charge >= 0.3 is 0 Å². The number of aliphatic hydroxyl groups excluding tert-OH is 1. The third kappa shape index (κ3) is 4.22. The van der Waals surface area contributed by atoms with Gasteiger partial charge in [0.05, 0.1) is 6.61 Å².